The maximum absolute atomic E-state index is 11.0. The highest BCUT2D eigenvalue weighted by Gasteiger charge is 2.42. The molecule has 0 aromatic carbocycles. The first-order chi connectivity index (χ1) is 5.21. The highest BCUT2D eigenvalue weighted by atomic mass is 16.1. The lowest BCUT2D eigenvalue weighted by Crippen LogP contribution is -2.46. The molecule has 1 unspecified atom stereocenters. The van der Waals surface area contributed by atoms with E-state index in [1.54, 1.807) is 0 Å². The quantitative estimate of drug-likeness (QED) is 0.611. The fourth-order valence-electron chi connectivity index (χ4n) is 2.17. The van der Waals surface area contributed by atoms with Crippen LogP contribution < -0.4 is 5.32 Å². The summed E-state index contributed by atoms with van der Waals surface area (Å²) >= 11 is 0. The monoisotopic (exact) mass is 153 g/mol. The van der Waals surface area contributed by atoms with E-state index in [1.807, 2.05) is 0 Å². The molecule has 1 heterocycles. The molecular weight excluding hydrogens is 138 g/mol. The van der Waals surface area contributed by atoms with Crippen molar-refractivity contribution in [3.63, 3.8) is 0 Å². The van der Waals surface area contributed by atoms with Gasteiger partial charge < -0.3 is 5.32 Å². The van der Waals surface area contributed by atoms with Crippen molar-refractivity contribution in [3.05, 3.63) is 0 Å². The zero-order valence-electron chi connectivity index (χ0n) is 7.02. The zero-order chi connectivity index (χ0) is 7.90. The van der Waals surface area contributed by atoms with E-state index < -0.39 is 0 Å². The first-order valence-electron chi connectivity index (χ1n) is 4.47. The summed E-state index contributed by atoms with van der Waals surface area (Å²) in [7, 11) is 0. The molecule has 1 atom stereocenters. The average Bonchev–Trinajstić information content (AvgIpc) is 2.06. The lowest BCUT2D eigenvalue weighted by atomic mass is 9.71. The molecule has 0 bridgehead atoms. The van der Waals surface area contributed by atoms with Crippen LogP contribution in [0.2, 0.25) is 0 Å². The van der Waals surface area contributed by atoms with Gasteiger partial charge in [-0.3, -0.25) is 4.79 Å². The van der Waals surface area contributed by atoms with Crippen LogP contribution >= 0.6 is 0 Å². The Hall–Kier alpha value is -0.370. The van der Waals surface area contributed by atoms with E-state index in [0.29, 0.717) is 12.3 Å². The van der Waals surface area contributed by atoms with Crippen molar-refractivity contribution < 1.29 is 4.79 Å². The molecule has 2 fully saturated rings. The predicted octanol–water partition coefficient (Wildman–Crippen LogP) is 1.11. The Kier molecular flexibility index (Phi) is 1.53. The van der Waals surface area contributed by atoms with Gasteiger partial charge in [-0.25, -0.2) is 0 Å². The molecule has 1 saturated heterocycles. The summed E-state index contributed by atoms with van der Waals surface area (Å²) in [6, 6.07) is 0. The van der Waals surface area contributed by atoms with Crippen LogP contribution in [-0.2, 0) is 4.79 Å². The molecule has 0 amide bonds. The number of ketones is 1. The van der Waals surface area contributed by atoms with Gasteiger partial charge >= 0.3 is 0 Å². The van der Waals surface area contributed by atoms with Crippen molar-refractivity contribution in [2.75, 3.05) is 6.54 Å². The Morgan fingerprint density at radius 2 is 2.27 bits per heavy atom. The predicted molar refractivity (Wildman–Crippen MR) is 43.4 cm³/mol. The van der Waals surface area contributed by atoms with Crippen LogP contribution in [0.15, 0.2) is 0 Å². The standard InChI is InChI=1S/C9H15NO/c1-9(7-3-2-4-7)5-8(11)6-10-9/h7,10H,2-6H2,1H3. The number of rotatable bonds is 1. The largest absolute Gasteiger partial charge is 0.304 e. The van der Waals surface area contributed by atoms with Gasteiger partial charge in [0.2, 0.25) is 0 Å². The molecule has 1 aliphatic heterocycles. The normalized spacial score (nSPS) is 39.2. The first kappa shape index (κ1) is 7.29. The Labute approximate surface area is 67.4 Å². The van der Waals surface area contributed by atoms with E-state index in [1.165, 1.54) is 19.3 Å². The molecule has 2 rings (SSSR count). The summed E-state index contributed by atoms with van der Waals surface area (Å²) in [5, 5.41) is 3.34. The number of Topliss-reactive ketones (excluding diaryl/α,β-unsaturated/α-hetero) is 1. The molecular formula is C9H15NO. The first-order valence-corrected chi connectivity index (χ1v) is 4.47. The van der Waals surface area contributed by atoms with Gasteiger partial charge in [0, 0.05) is 12.0 Å². The molecule has 1 aliphatic carbocycles. The van der Waals surface area contributed by atoms with Gasteiger partial charge in [-0.05, 0) is 25.7 Å². The summed E-state index contributed by atoms with van der Waals surface area (Å²) in [5.41, 5.74) is 0.162. The van der Waals surface area contributed by atoms with E-state index in [9.17, 15) is 4.79 Å². The third kappa shape index (κ3) is 1.09. The Morgan fingerprint density at radius 3 is 2.64 bits per heavy atom. The van der Waals surface area contributed by atoms with Gasteiger partial charge in [-0.15, -0.1) is 0 Å². The third-order valence-electron chi connectivity index (χ3n) is 3.26. The number of hydrogen-bond acceptors (Lipinski definition) is 2. The summed E-state index contributed by atoms with van der Waals surface area (Å²) in [6.07, 6.45) is 4.75. The molecule has 2 aliphatic rings. The summed E-state index contributed by atoms with van der Waals surface area (Å²) in [6.45, 7) is 2.80. The number of hydrogen-bond donors (Lipinski definition) is 1. The molecule has 1 N–H and O–H groups in total. The van der Waals surface area contributed by atoms with Crippen LogP contribution in [0.3, 0.4) is 0 Å². The SMILES string of the molecule is CC1(C2CCC2)CC(=O)CN1. The molecule has 0 aromatic heterocycles. The topological polar surface area (TPSA) is 29.1 Å². The Balaban J connectivity index is 2.03. The van der Waals surface area contributed by atoms with E-state index in [2.05, 4.69) is 12.2 Å². The fourth-order valence-corrected chi connectivity index (χ4v) is 2.17. The van der Waals surface area contributed by atoms with Crippen LogP contribution in [0.4, 0.5) is 0 Å². The minimum atomic E-state index is 0.162. The maximum Gasteiger partial charge on any atom is 0.148 e. The fraction of sp³-hybridized carbons (Fsp3) is 0.889. The van der Waals surface area contributed by atoms with Gasteiger partial charge in [0.15, 0.2) is 0 Å². The molecule has 11 heavy (non-hydrogen) atoms. The van der Waals surface area contributed by atoms with Crippen molar-refractivity contribution in [2.45, 2.75) is 38.1 Å². The number of carbonyl (C=O) groups excluding carboxylic acids is 1. The van der Waals surface area contributed by atoms with Gasteiger partial charge in [0.05, 0.1) is 6.54 Å². The van der Waals surface area contributed by atoms with Crippen molar-refractivity contribution in [1.29, 1.82) is 0 Å². The van der Waals surface area contributed by atoms with Crippen molar-refractivity contribution in [2.24, 2.45) is 5.92 Å². The van der Waals surface area contributed by atoms with E-state index in [-0.39, 0.29) is 5.54 Å². The van der Waals surface area contributed by atoms with Crippen molar-refractivity contribution in [3.8, 4) is 0 Å². The number of nitrogens with one attached hydrogen (secondary N) is 1. The number of carbonyl (C=O) groups is 1. The average molecular weight is 153 g/mol. The molecule has 0 radical (unpaired) electrons. The van der Waals surface area contributed by atoms with Crippen LogP contribution in [0, 0.1) is 5.92 Å². The molecule has 62 valence electrons. The van der Waals surface area contributed by atoms with E-state index >= 15 is 0 Å². The van der Waals surface area contributed by atoms with Crippen molar-refractivity contribution >= 4 is 5.78 Å². The second-order valence-corrected chi connectivity index (χ2v) is 4.11. The lowest BCUT2D eigenvalue weighted by Gasteiger charge is -2.39. The smallest absolute Gasteiger partial charge is 0.148 e. The maximum atomic E-state index is 11.0. The van der Waals surface area contributed by atoms with Crippen LogP contribution in [0.25, 0.3) is 0 Å². The van der Waals surface area contributed by atoms with E-state index in [4.69, 9.17) is 0 Å². The summed E-state index contributed by atoms with van der Waals surface area (Å²) < 4.78 is 0. The summed E-state index contributed by atoms with van der Waals surface area (Å²) in [5.74, 6) is 1.16. The van der Waals surface area contributed by atoms with Crippen LogP contribution in [0.5, 0.6) is 0 Å². The highest BCUT2D eigenvalue weighted by molar-refractivity contribution is 5.84. The molecule has 0 spiro atoms. The van der Waals surface area contributed by atoms with Crippen LogP contribution in [-0.4, -0.2) is 17.9 Å². The van der Waals surface area contributed by atoms with E-state index in [0.717, 1.165) is 12.3 Å². The second kappa shape index (κ2) is 2.31. The van der Waals surface area contributed by atoms with Gasteiger partial charge in [-0.1, -0.05) is 6.42 Å². The summed E-state index contributed by atoms with van der Waals surface area (Å²) in [4.78, 5) is 11.0. The third-order valence-corrected chi connectivity index (χ3v) is 3.26. The van der Waals surface area contributed by atoms with Crippen molar-refractivity contribution in [1.82, 2.24) is 5.32 Å². The minimum absolute atomic E-state index is 0.162. The Bertz CT molecular complexity index is 186. The molecule has 1 saturated carbocycles. The Morgan fingerprint density at radius 1 is 1.55 bits per heavy atom. The zero-order valence-corrected chi connectivity index (χ0v) is 7.02. The van der Waals surface area contributed by atoms with Gasteiger partial charge in [-0.2, -0.15) is 0 Å². The minimum Gasteiger partial charge on any atom is -0.304 e. The molecule has 2 heteroatoms. The molecule has 2 nitrogen and oxygen atoms in total. The van der Waals surface area contributed by atoms with Crippen LogP contribution in [0.1, 0.15) is 32.6 Å². The van der Waals surface area contributed by atoms with Gasteiger partial charge in [0.1, 0.15) is 5.78 Å². The lowest BCUT2D eigenvalue weighted by molar-refractivity contribution is -0.116. The molecule has 0 aromatic rings. The second-order valence-electron chi connectivity index (χ2n) is 4.11. The highest BCUT2D eigenvalue weighted by Crippen LogP contribution is 2.39. The van der Waals surface area contributed by atoms with Gasteiger partial charge in [0.25, 0.3) is 0 Å².